The van der Waals surface area contributed by atoms with Crippen molar-refractivity contribution >= 4 is 33.0 Å². The van der Waals surface area contributed by atoms with Gasteiger partial charge in [-0.15, -0.1) is 0 Å². The van der Waals surface area contributed by atoms with Gasteiger partial charge in [0.15, 0.2) is 21.3 Å². The smallest absolute Gasteiger partial charge is 0.228 e. The lowest BCUT2D eigenvalue weighted by Gasteiger charge is -2.20. The van der Waals surface area contributed by atoms with Gasteiger partial charge in [0, 0.05) is 18.0 Å². The average molecular weight is 426 g/mol. The molecular formula is C19H20ClNO6S. The molecule has 1 heterocycles. The largest absolute Gasteiger partial charge is 0.492 e. The summed E-state index contributed by atoms with van der Waals surface area (Å²) >= 11 is 6.20. The van der Waals surface area contributed by atoms with E-state index in [-0.39, 0.29) is 24.7 Å². The summed E-state index contributed by atoms with van der Waals surface area (Å²) in [5, 5.41) is 3.19. The molecular weight excluding hydrogens is 406 g/mol. The van der Waals surface area contributed by atoms with Crippen LogP contribution in [0.2, 0.25) is 5.02 Å². The zero-order chi connectivity index (χ0) is 20.1. The Morgan fingerprint density at radius 2 is 2.00 bits per heavy atom. The Labute approximate surface area is 168 Å². The number of rotatable bonds is 7. The van der Waals surface area contributed by atoms with Gasteiger partial charge in [0.05, 0.1) is 17.2 Å². The number of hydrogen-bond acceptors (Lipinski definition) is 6. The topological polar surface area (TPSA) is 90.9 Å². The SMILES string of the molecule is CS(=O)(=O)CCOc1cccc(NC(=O)Cc2cc(Cl)c3c(c2)OCCO3)c1. The van der Waals surface area contributed by atoms with E-state index in [1.54, 1.807) is 36.4 Å². The number of benzene rings is 2. The molecule has 1 amide bonds. The lowest BCUT2D eigenvalue weighted by Crippen LogP contribution is -2.17. The summed E-state index contributed by atoms with van der Waals surface area (Å²) in [7, 11) is -3.09. The molecule has 1 aliphatic heterocycles. The van der Waals surface area contributed by atoms with E-state index in [1.807, 2.05) is 0 Å². The van der Waals surface area contributed by atoms with Crippen LogP contribution in [-0.4, -0.2) is 46.2 Å². The van der Waals surface area contributed by atoms with E-state index in [0.717, 1.165) is 6.26 Å². The van der Waals surface area contributed by atoms with E-state index >= 15 is 0 Å². The minimum Gasteiger partial charge on any atom is -0.492 e. The van der Waals surface area contributed by atoms with E-state index < -0.39 is 9.84 Å². The van der Waals surface area contributed by atoms with Gasteiger partial charge in [-0.1, -0.05) is 17.7 Å². The van der Waals surface area contributed by atoms with Gasteiger partial charge in [-0.05, 0) is 29.8 Å². The number of hydrogen-bond donors (Lipinski definition) is 1. The van der Waals surface area contributed by atoms with Crippen molar-refractivity contribution in [2.75, 3.05) is 37.1 Å². The number of anilines is 1. The summed E-state index contributed by atoms with van der Waals surface area (Å²) in [5.74, 6) is 1.19. The molecule has 2 aromatic carbocycles. The summed E-state index contributed by atoms with van der Waals surface area (Å²) < 4.78 is 38.7. The van der Waals surface area contributed by atoms with Crippen molar-refractivity contribution < 1.29 is 27.4 Å². The number of ether oxygens (including phenoxy) is 3. The molecule has 9 heteroatoms. The monoisotopic (exact) mass is 425 g/mol. The molecule has 150 valence electrons. The number of carbonyl (C=O) groups excluding carboxylic acids is 1. The predicted octanol–water partition coefficient (Wildman–Crippen LogP) is 2.72. The Kier molecular flexibility index (Phi) is 6.31. The number of fused-ring (bicyclic) bond motifs is 1. The third-order valence-electron chi connectivity index (χ3n) is 3.86. The van der Waals surface area contributed by atoms with Crippen molar-refractivity contribution in [2.45, 2.75) is 6.42 Å². The van der Waals surface area contributed by atoms with E-state index in [4.69, 9.17) is 25.8 Å². The quantitative estimate of drug-likeness (QED) is 0.733. The Bertz CT molecular complexity index is 976. The highest BCUT2D eigenvalue weighted by atomic mass is 35.5. The molecule has 0 bridgehead atoms. The van der Waals surface area contributed by atoms with Crippen molar-refractivity contribution in [3.05, 3.63) is 47.0 Å². The third-order valence-corrected chi connectivity index (χ3v) is 5.05. The number of nitrogens with one attached hydrogen (secondary N) is 1. The van der Waals surface area contributed by atoms with Gasteiger partial charge in [0.1, 0.15) is 25.6 Å². The fraction of sp³-hybridized carbons (Fsp3) is 0.316. The fourth-order valence-corrected chi connectivity index (χ4v) is 3.31. The van der Waals surface area contributed by atoms with Crippen LogP contribution >= 0.6 is 11.6 Å². The number of carbonyl (C=O) groups is 1. The summed E-state index contributed by atoms with van der Waals surface area (Å²) in [6.45, 7) is 0.923. The lowest BCUT2D eigenvalue weighted by molar-refractivity contribution is -0.115. The number of sulfone groups is 1. The van der Waals surface area contributed by atoms with Crippen LogP contribution in [0.4, 0.5) is 5.69 Å². The Morgan fingerprint density at radius 1 is 1.21 bits per heavy atom. The van der Waals surface area contributed by atoms with E-state index in [2.05, 4.69) is 5.32 Å². The predicted molar refractivity (Wildman–Crippen MR) is 106 cm³/mol. The second-order valence-electron chi connectivity index (χ2n) is 6.33. The lowest BCUT2D eigenvalue weighted by atomic mass is 10.1. The Hall–Kier alpha value is -2.45. The molecule has 0 spiro atoms. The van der Waals surface area contributed by atoms with Crippen LogP contribution in [0.1, 0.15) is 5.56 Å². The van der Waals surface area contributed by atoms with Crippen LogP contribution in [0, 0.1) is 0 Å². The van der Waals surface area contributed by atoms with Crippen LogP contribution in [0.5, 0.6) is 17.2 Å². The highest BCUT2D eigenvalue weighted by Crippen LogP contribution is 2.38. The van der Waals surface area contributed by atoms with Crippen LogP contribution in [0.15, 0.2) is 36.4 Å². The summed E-state index contributed by atoms with van der Waals surface area (Å²) in [6, 6.07) is 10.2. The third kappa shape index (κ3) is 5.77. The van der Waals surface area contributed by atoms with Crippen LogP contribution in [0.25, 0.3) is 0 Å². The molecule has 28 heavy (non-hydrogen) atoms. The summed E-state index contributed by atoms with van der Waals surface area (Å²) in [5.41, 5.74) is 1.25. The van der Waals surface area contributed by atoms with Crippen LogP contribution in [0.3, 0.4) is 0 Å². The first-order chi connectivity index (χ1) is 13.3. The van der Waals surface area contributed by atoms with Crippen molar-refractivity contribution in [1.82, 2.24) is 0 Å². The molecule has 0 atom stereocenters. The van der Waals surface area contributed by atoms with Crippen LogP contribution in [-0.2, 0) is 21.1 Å². The van der Waals surface area contributed by atoms with Gasteiger partial charge >= 0.3 is 0 Å². The highest BCUT2D eigenvalue weighted by Gasteiger charge is 2.17. The van der Waals surface area contributed by atoms with E-state index in [9.17, 15) is 13.2 Å². The van der Waals surface area contributed by atoms with E-state index in [1.165, 1.54) is 0 Å². The standard InChI is InChI=1S/C19H20ClNO6S/c1-28(23,24)8-7-25-15-4-2-3-14(12-15)21-18(22)11-13-9-16(20)19-17(10-13)26-5-6-27-19/h2-4,9-10,12H,5-8,11H2,1H3,(H,21,22). The van der Waals surface area contributed by atoms with Crippen LogP contribution < -0.4 is 19.5 Å². The van der Waals surface area contributed by atoms with Gasteiger partial charge in [0.25, 0.3) is 0 Å². The molecule has 0 unspecified atom stereocenters. The van der Waals surface area contributed by atoms with E-state index in [0.29, 0.717) is 46.7 Å². The minimum absolute atomic E-state index is 0.0475. The van der Waals surface area contributed by atoms with Crippen molar-refractivity contribution in [1.29, 1.82) is 0 Å². The van der Waals surface area contributed by atoms with Crippen molar-refractivity contribution in [2.24, 2.45) is 0 Å². The maximum atomic E-state index is 12.4. The van der Waals surface area contributed by atoms with Gasteiger partial charge in [0.2, 0.25) is 5.91 Å². The van der Waals surface area contributed by atoms with Gasteiger partial charge in [-0.3, -0.25) is 4.79 Å². The molecule has 1 aliphatic rings. The van der Waals surface area contributed by atoms with Gasteiger partial charge in [-0.2, -0.15) is 0 Å². The Balaban J connectivity index is 1.60. The van der Waals surface area contributed by atoms with Gasteiger partial charge in [-0.25, -0.2) is 8.42 Å². The molecule has 0 saturated heterocycles. The maximum absolute atomic E-state index is 12.4. The molecule has 0 fully saturated rings. The van der Waals surface area contributed by atoms with Crippen molar-refractivity contribution in [3.63, 3.8) is 0 Å². The first kappa shape index (κ1) is 20.3. The second-order valence-corrected chi connectivity index (χ2v) is 9.00. The Morgan fingerprint density at radius 3 is 2.79 bits per heavy atom. The second kappa shape index (κ2) is 8.70. The molecule has 1 N–H and O–H groups in total. The summed E-state index contributed by atoms with van der Waals surface area (Å²) in [6.07, 6.45) is 1.26. The average Bonchev–Trinajstić information content (AvgIpc) is 2.61. The highest BCUT2D eigenvalue weighted by molar-refractivity contribution is 7.90. The van der Waals surface area contributed by atoms with Gasteiger partial charge < -0.3 is 19.5 Å². The zero-order valence-corrected chi connectivity index (χ0v) is 16.8. The normalized spacial score (nSPS) is 13.1. The maximum Gasteiger partial charge on any atom is 0.228 e. The molecule has 3 rings (SSSR count). The number of halogens is 1. The first-order valence-corrected chi connectivity index (χ1v) is 11.0. The molecule has 2 aromatic rings. The molecule has 0 saturated carbocycles. The summed E-state index contributed by atoms with van der Waals surface area (Å²) in [4.78, 5) is 12.4. The molecule has 7 nitrogen and oxygen atoms in total. The fourth-order valence-electron chi connectivity index (χ4n) is 2.63. The molecule has 0 radical (unpaired) electrons. The first-order valence-electron chi connectivity index (χ1n) is 8.58. The number of amides is 1. The van der Waals surface area contributed by atoms with Crippen molar-refractivity contribution in [3.8, 4) is 17.2 Å². The zero-order valence-electron chi connectivity index (χ0n) is 15.2. The molecule has 0 aromatic heterocycles. The minimum atomic E-state index is -3.09. The molecule has 0 aliphatic carbocycles.